The van der Waals surface area contributed by atoms with Crippen molar-refractivity contribution in [1.82, 2.24) is 4.90 Å². The average molecular weight is 464 g/mol. The maximum absolute atomic E-state index is 13.6. The summed E-state index contributed by atoms with van der Waals surface area (Å²) in [4.78, 5) is 47.7. The van der Waals surface area contributed by atoms with Crippen LogP contribution in [0.25, 0.3) is 0 Å². The van der Waals surface area contributed by atoms with E-state index in [-0.39, 0.29) is 36.1 Å². The number of amides is 3. The summed E-state index contributed by atoms with van der Waals surface area (Å²) in [7, 11) is 0. The van der Waals surface area contributed by atoms with E-state index in [1.165, 1.54) is 0 Å². The van der Waals surface area contributed by atoms with Gasteiger partial charge in [-0.3, -0.25) is 9.59 Å². The van der Waals surface area contributed by atoms with E-state index in [0.717, 1.165) is 11.3 Å². The number of nitrogens with zero attached hydrogens (tertiary/aromatic N) is 1. The van der Waals surface area contributed by atoms with Crippen LogP contribution in [0.2, 0.25) is 4.34 Å². The Bertz CT molecular complexity index is 908. The summed E-state index contributed by atoms with van der Waals surface area (Å²) in [5, 5.41) is -1.02. The first kappa shape index (κ1) is 22.9. The fourth-order valence-corrected chi connectivity index (χ4v) is 3.66. The number of rotatable bonds is 7. The molecule has 0 radical (unpaired) electrons. The molecule has 7 nitrogen and oxygen atoms in total. The molecule has 12 heteroatoms. The van der Waals surface area contributed by atoms with Crippen LogP contribution in [0.1, 0.15) is 24.1 Å². The van der Waals surface area contributed by atoms with E-state index in [2.05, 4.69) is 10.7 Å². The Morgan fingerprint density at radius 3 is 2.69 bits per heavy atom. The SMILES string of the molecule is C#CCCCC(F)(F)C(=O)O/C=C1\SC(=O)N(C(=O)OCc2ccc(Cl)s2)C1=O. The molecule has 2 heterocycles. The summed E-state index contributed by atoms with van der Waals surface area (Å²) in [5.41, 5.74) is 0. The second-order valence-corrected chi connectivity index (χ2v) is 8.21. The number of alkyl halides is 2. The van der Waals surface area contributed by atoms with Gasteiger partial charge in [-0.25, -0.2) is 9.59 Å². The summed E-state index contributed by atoms with van der Waals surface area (Å²) >= 11 is 7.12. The fraction of sp³-hybridized carbons (Fsp3) is 0.294. The van der Waals surface area contributed by atoms with Gasteiger partial charge in [0.25, 0.3) is 5.91 Å². The van der Waals surface area contributed by atoms with Gasteiger partial charge in [-0.1, -0.05) is 11.6 Å². The maximum atomic E-state index is 13.6. The molecule has 0 spiro atoms. The van der Waals surface area contributed by atoms with E-state index in [1.807, 2.05) is 0 Å². The van der Waals surface area contributed by atoms with Gasteiger partial charge in [0, 0.05) is 17.7 Å². The number of terminal acetylenes is 1. The first-order valence-corrected chi connectivity index (χ1v) is 9.86. The predicted octanol–water partition coefficient (Wildman–Crippen LogP) is 4.56. The summed E-state index contributed by atoms with van der Waals surface area (Å²) < 4.78 is 36.9. The molecule has 29 heavy (non-hydrogen) atoms. The van der Waals surface area contributed by atoms with Gasteiger partial charge in [0.2, 0.25) is 0 Å². The Morgan fingerprint density at radius 2 is 2.07 bits per heavy atom. The van der Waals surface area contributed by atoms with Crippen LogP contribution >= 0.6 is 34.7 Å². The van der Waals surface area contributed by atoms with E-state index in [1.54, 1.807) is 12.1 Å². The lowest BCUT2D eigenvalue weighted by Gasteiger charge is -2.12. The number of imide groups is 3. The van der Waals surface area contributed by atoms with Crippen LogP contribution in [0.5, 0.6) is 0 Å². The summed E-state index contributed by atoms with van der Waals surface area (Å²) in [6, 6.07) is 3.17. The fourth-order valence-electron chi connectivity index (χ4n) is 1.94. The molecule has 1 aliphatic rings. The predicted molar refractivity (Wildman–Crippen MR) is 101 cm³/mol. The molecule has 0 N–H and O–H groups in total. The van der Waals surface area contributed by atoms with Crippen molar-refractivity contribution >= 4 is 57.9 Å². The van der Waals surface area contributed by atoms with Gasteiger partial charge >= 0.3 is 23.2 Å². The quantitative estimate of drug-likeness (QED) is 0.192. The third-order valence-corrected chi connectivity index (χ3v) is 5.38. The van der Waals surface area contributed by atoms with Crippen molar-refractivity contribution in [3.63, 3.8) is 0 Å². The van der Waals surface area contributed by atoms with Crippen molar-refractivity contribution in [2.24, 2.45) is 0 Å². The third kappa shape index (κ3) is 6.03. The number of carbonyl (C=O) groups excluding carboxylic acids is 4. The highest BCUT2D eigenvalue weighted by molar-refractivity contribution is 8.18. The molecule has 1 aromatic heterocycles. The number of halogens is 3. The minimum Gasteiger partial charge on any atom is -0.443 e. The Hall–Kier alpha value is -2.42. The number of ether oxygens (including phenoxy) is 2. The van der Waals surface area contributed by atoms with Gasteiger partial charge in [0.15, 0.2) is 0 Å². The zero-order valence-corrected chi connectivity index (χ0v) is 16.9. The number of carbonyl (C=O) groups is 4. The monoisotopic (exact) mass is 463 g/mol. The molecule has 154 valence electrons. The van der Waals surface area contributed by atoms with Crippen LogP contribution in [0.4, 0.5) is 18.4 Å². The number of thiophene rings is 1. The van der Waals surface area contributed by atoms with Crippen LogP contribution in [0, 0.1) is 12.3 Å². The minimum absolute atomic E-state index is 0.0571. The molecule has 0 saturated carbocycles. The molecule has 3 amide bonds. The van der Waals surface area contributed by atoms with Crippen LogP contribution in [0.15, 0.2) is 23.3 Å². The molecule has 0 aliphatic carbocycles. The lowest BCUT2D eigenvalue weighted by atomic mass is 10.1. The Balaban J connectivity index is 1.95. The standard InChI is InChI=1S/C17H12ClF2NO6S2/c1-2-3-4-7-17(19,20)14(23)26-9-11-13(22)21(16(25)29-11)15(24)27-8-10-5-6-12(18)28-10/h1,5-6,9H,3-4,7-8H2/b11-9-. The van der Waals surface area contributed by atoms with Crippen molar-refractivity contribution in [1.29, 1.82) is 0 Å². The van der Waals surface area contributed by atoms with E-state index < -0.39 is 40.5 Å². The molecular weight excluding hydrogens is 452 g/mol. The van der Waals surface area contributed by atoms with Gasteiger partial charge < -0.3 is 9.47 Å². The molecular formula is C17H12ClF2NO6S2. The first-order valence-electron chi connectivity index (χ1n) is 7.85. The van der Waals surface area contributed by atoms with Crippen LogP contribution < -0.4 is 0 Å². The molecule has 0 atom stereocenters. The number of esters is 1. The number of thioether (sulfide) groups is 1. The Morgan fingerprint density at radius 1 is 1.34 bits per heavy atom. The average Bonchev–Trinajstić information content (AvgIpc) is 3.20. The highest BCUT2D eigenvalue weighted by Gasteiger charge is 2.43. The highest BCUT2D eigenvalue weighted by atomic mass is 35.5. The minimum atomic E-state index is -3.81. The molecule has 0 bridgehead atoms. The molecule has 0 unspecified atom stereocenters. The Labute approximate surface area is 177 Å². The second kappa shape index (κ2) is 9.87. The molecule has 1 aliphatic heterocycles. The summed E-state index contributed by atoms with van der Waals surface area (Å²) in [5.74, 6) is -4.71. The van der Waals surface area contributed by atoms with E-state index in [0.29, 0.717) is 15.5 Å². The second-order valence-electron chi connectivity index (χ2n) is 5.42. The molecule has 2 rings (SSSR count). The van der Waals surface area contributed by atoms with Crippen molar-refractivity contribution < 1.29 is 37.4 Å². The van der Waals surface area contributed by atoms with Gasteiger partial charge in [-0.15, -0.1) is 23.7 Å². The van der Waals surface area contributed by atoms with Gasteiger partial charge in [-0.2, -0.15) is 13.7 Å². The highest BCUT2D eigenvalue weighted by Crippen LogP contribution is 2.32. The molecule has 1 aromatic rings. The number of hydrogen-bond acceptors (Lipinski definition) is 8. The normalized spacial score (nSPS) is 15.5. The van der Waals surface area contributed by atoms with E-state index in [4.69, 9.17) is 22.8 Å². The largest absolute Gasteiger partial charge is 0.443 e. The smallest absolute Gasteiger partial charge is 0.424 e. The van der Waals surface area contributed by atoms with E-state index in [9.17, 15) is 28.0 Å². The maximum Gasteiger partial charge on any atom is 0.424 e. The number of unbranched alkanes of at least 4 members (excludes halogenated alkanes) is 1. The molecule has 0 aromatic carbocycles. The molecule has 1 fully saturated rings. The third-order valence-electron chi connectivity index (χ3n) is 3.33. The van der Waals surface area contributed by atoms with E-state index >= 15 is 0 Å². The van der Waals surface area contributed by atoms with Crippen molar-refractivity contribution in [3.05, 3.63) is 32.5 Å². The topological polar surface area (TPSA) is 90.0 Å². The lowest BCUT2D eigenvalue weighted by molar-refractivity contribution is -0.166. The van der Waals surface area contributed by atoms with Crippen LogP contribution in [0.3, 0.4) is 0 Å². The van der Waals surface area contributed by atoms with Gasteiger partial charge in [0.1, 0.15) is 17.8 Å². The molecule has 1 saturated heterocycles. The summed E-state index contributed by atoms with van der Waals surface area (Å²) in [6.45, 7) is -0.226. The van der Waals surface area contributed by atoms with Crippen molar-refractivity contribution in [3.8, 4) is 12.3 Å². The summed E-state index contributed by atoms with van der Waals surface area (Å²) in [6.07, 6.45) is 3.24. The Kier molecular flexibility index (Phi) is 7.78. The zero-order chi connectivity index (χ0) is 21.6. The first-order chi connectivity index (χ1) is 13.7. The zero-order valence-electron chi connectivity index (χ0n) is 14.5. The van der Waals surface area contributed by atoms with Crippen molar-refractivity contribution in [2.75, 3.05) is 0 Å². The van der Waals surface area contributed by atoms with Gasteiger partial charge in [0.05, 0.1) is 4.34 Å². The van der Waals surface area contributed by atoms with Gasteiger partial charge in [-0.05, 0) is 30.3 Å². The number of hydrogen-bond donors (Lipinski definition) is 0. The van der Waals surface area contributed by atoms with Crippen LogP contribution in [-0.2, 0) is 25.7 Å². The lowest BCUT2D eigenvalue weighted by Crippen LogP contribution is -2.35. The van der Waals surface area contributed by atoms with Crippen LogP contribution in [-0.4, -0.2) is 34.0 Å². The van der Waals surface area contributed by atoms with Crippen molar-refractivity contribution in [2.45, 2.75) is 31.8 Å².